The summed E-state index contributed by atoms with van der Waals surface area (Å²) in [6.45, 7) is 1.97. The van der Waals surface area contributed by atoms with E-state index in [9.17, 15) is 13.2 Å². The Morgan fingerprint density at radius 2 is 1.93 bits per heavy atom. The largest absolute Gasteiger partial charge is 0.492 e. The lowest BCUT2D eigenvalue weighted by atomic mass is 10.2. The van der Waals surface area contributed by atoms with Crippen molar-refractivity contribution >= 4 is 32.4 Å². The fourth-order valence-corrected chi connectivity index (χ4v) is 4.15. The van der Waals surface area contributed by atoms with Gasteiger partial charge in [-0.05, 0) is 31.2 Å². The van der Waals surface area contributed by atoms with Crippen molar-refractivity contribution in [3.63, 3.8) is 0 Å². The minimum absolute atomic E-state index is 0.136. The van der Waals surface area contributed by atoms with Gasteiger partial charge >= 0.3 is 0 Å². The summed E-state index contributed by atoms with van der Waals surface area (Å²) in [5, 5.41) is 3.98. The van der Waals surface area contributed by atoms with Crippen molar-refractivity contribution < 1.29 is 17.9 Å². The summed E-state index contributed by atoms with van der Waals surface area (Å²) in [6.07, 6.45) is 3.14. The van der Waals surface area contributed by atoms with Crippen LogP contribution < -0.4 is 10.1 Å². The van der Waals surface area contributed by atoms with E-state index in [1.54, 1.807) is 54.9 Å². The van der Waals surface area contributed by atoms with Crippen LogP contribution in [0.1, 0.15) is 6.92 Å². The van der Waals surface area contributed by atoms with Gasteiger partial charge in [-0.1, -0.05) is 24.3 Å². The molecule has 0 saturated heterocycles. The molecule has 0 unspecified atom stereocenters. The maximum Gasteiger partial charge on any atom is 0.243 e. The number of aromatic nitrogens is 1. The summed E-state index contributed by atoms with van der Waals surface area (Å²) in [5.74, 6) is 0.0746. The molecule has 3 rings (SSSR count). The molecular weight excluding hydrogens is 378 g/mol. The number of sulfonamides is 1. The van der Waals surface area contributed by atoms with Gasteiger partial charge in [0.15, 0.2) is 0 Å². The predicted octanol–water partition coefficient (Wildman–Crippen LogP) is 2.89. The van der Waals surface area contributed by atoms with Crippen molar-refractivity contribution in [1.82, 2.24) is 9.29 Å². The molecule has 3 aromatic rings. The first-order chi connectivity index (χ1) is 13.4. The number of anilines is 1. The fraction of sp³-hybridized carbons (Fsp3) is 0.200. The number of rotatable bonds is 7. The molecule has 1 heterocycles. The SMILES string of the molecule is CCOc1ccccc1NC(=O)CN(C)S(=O)(=O)c1cccc2cnccc12. The molecule has 0 saturated carbocycles. The number of likely N-dealkylation sites (N-methyl/N-ethyl adjacent to an activating group) is 1. The molecule has 0 aliphatic carbocycles. The Balaban J connectivity index is 1.80. The van der Waals surface area contributed by atoms with Gasteiger partial charge in [0, 0.05) is 30.2 Å². The fourth-order valence-electron chi connectivity index (χ4n) is 2.81. The zero-order chi connectivity index (χ0) is 20.1. The summed E-state index contributed by atoms with van der Waals surface area (Å²) < 4.78 is 32.5. The number of ether oxygens (including phenoxy) is 1. The second-order valence-corrected chi connectivity index (χ2v) is 8.10. The normalized spacial score (nSPS) is 11.5. The Bertz CT molecular complexity index is 1090. The molecule has 1 N–H and O–H groups in total. The summed E-state index contributed by atoms with van der Waals surface area (Å²) in [7, 11) is -2.48. The predicted molar refractivity (Wildman–Crippen MR) is 108 cm³/mol. The van der Waals surface area contributed by atoms with Crippen LogP contribution in [0, 0.1) is 0 Å². The van der Waals surface area contributed by atoms with Crippen LogP contribution in [-0.2, 0) is 14.8 Å². The molecule has 0 radical (unpaired) electrons. The minimum Gasteiger partial charge on any atom is -0.492 e. The van der Waals surface area contributed by atoms with Crippen LogP contribution >= 0.6 is 0 Å². The van der Waals surface area contributed by atoms with E-state index in [0.29, 0.717) is 28.8 Å². The summed E-state index contributed by atoms with van der Waals surface area (Å²) in [4.78, 5) is 16.6. The second-order valence-electron chi connectivity index (χ2n) is 6.09. The number of carbonyl (C=O) groups excluding carboxylic acids is 1. The van der Waals surface area contributed by atoms with E-state index in [-0.39, 0.29) is 11.4 Å². The number of benzene rings is 2. The van der Waals surface area contributed by atoms with Crippen molar-refractivity contribution in [3.8, 4) is 5.75 Å². The first-order valence-electron chi connectivity index (χ1n) is 8.74. The zero-order valence-corrected chi connectivity index (χ0v) is 16.4. The van der Waals surface area contributed by atoms with Crippen LogP contribution in [0.3, 0.4) is 0 Å². The van der Waals surface area contributed by atoms with Gasteiger partial charge in [-0.3, -0.25) is 9.78 Å². The Labute approximate surface area is 164 Å². The average molecular weight is 399 g/mol. The van der Waals surface area contributed by atoms with Gasteiger partial charge in [0.25, 0.3) is 0 Å². The molecule has 0 atom stereocenters. The number of nitrogens with zero attached hydrogens (tertiary/aromatic N) is 2. The van der Waals surface area contributed by atoms with Crippen molar-refractivity contribution in [3.05, 3.63) is 60.9 Å². The Morgan fingerprint density at radius 1 is 1.14 bits per heavy atom. The maximum absolute atomic E-state index is 13.0. The third-order valence-corrected chi connectivity index (χ3v) is 6.02. The molecule has 8 heteroatoms. The smallest absolute Gasteiger partial charge is 0.243 e. The molecule has 2 aromatic carbocycles. The number of carbonyl (C=O) groups is 1. The number of amides is 1. The van der Waals surface area contributed by atoms with Crippen LogP contribution in [0.15, 0.2) is 65.8 Å². The number of fused-ring (bicyclic) bond motifs is 1. The highest BCUT2D eigenvalue weighted by Gasteiger charge is 2.25. The van der Waals surface area contributed by atoms with Crippen molar-refractivity contribution in [2.24, 2.45) is 0 Å². The van der Waals surface area contributed by atoms with Gasteiger partial charge in [0.05, 0.1) is 23.7 Å². The van der Waals surface area contributed by atoms with E-state index in [4.69, 9.17) is 4.74 Å². The summed E-state index contributed by atoms with van der Waals surface area (Å²) in [6, 6.07) is 13.6. The minimum atomic E-state index is -3.86. The Kier molecular flexibility index (Phi) is 5.91. The summed E-state index contributed by atoms with van der Waals surface area (Å²) in [5.41, 5.74) is 0.497. The van der Waals surface area contributed by atoms with Gasteiger partial charge in [0.1, 0.15) is 5.75 Å². The number of pyridine rings is 1. The molecule has 0 fully saturated rings. The monoisotopic (exact) mass is 399 g/mol. The molecule has 1 amide bonds. The van der Waals surface area contributed by atoms with Crippen LogP contribution in [0.5, 0.6) is 5.75 Å². The van der Waals surface area contributed by atoms with Crippen molar-refractivity contribution in [2.45, 2.75) is 11.8 Å². The van der Waals surface area contributed by atoms with Crippen LogP contribution in [0.2, 0.25) is 0 Å². The van der Waals surface area contributed by atoms with Crippen LogP contribution in [0.4, 0.5) is 5.69 Å². The zero-order valence-electron chi connectivity index (χ0n) is 15.6. The van der Waals surface area contributed by atoms with E-state index < -0.39 is 15.9 Å². The maximum atomic E-state index is 13.0. The van der Waals surface area contributed by atoms with Crippen molar-refractivity contribution in [1.29, 1.82) is 0 Å². The molecule has 28 heavy (non-hydrogen) atoms. The highest BCUT2D eigenvalue weighted by atomic mass is 32.2. The topological polar surface area (TPSA) is 88.6 Å². The van der Waals surface area contributed by atoms with Crippen LogP contribution in [0.25, 0.3) is 10.8 Å². The van der Waals surface area contributed by atoms with Gasteiger partial charge in [-0.25, -0.2) is 8.42 Å². The first-order valence-corrected chi connectivity index (χ1v) is 10.2. The third-order valence-electron chi connectivity index (χ3n) is 4.16. The molecule has 146 valence electrons. The highest BCUT2D eigenvalue weighted by molar-refractivity contribution is 7.89. The molecule has 0 bridgehead atoms. The molecule has 0 aliphatic heterocycles. The Hall–Kier alpha value is -2.97. The molecule has 0 spiro atoms. The second kappa shape index (κ2) is 8.37. The van der Waals surface area contributed by atoms with Gasteiger partial charge < -0.3 is 10.1 Å². The van der Waals surface area contributed by atoms with E-state index in [2.05, 4.69) is 10.3 Å². The highest BCUT2D eigenvalue weighted by Crippen LogP contribution is 2.26. The molecular formula is C20H21N3O4S. The number of nitrogens with one attached hydrogen (secondary N) is 1. The standard InChI is InChI=1S/C20H21N3O4S/c1-3-27-18-9-5-4-8-17(18)22-20(24)14-23(2)28(25,26)19-10-6-7-15-13-21-12-11-16(15)19/h4-13H,3,14H2,1-2H3,(H,22,24). The van der Waals surface area contributed by atoms with Gasteiger partial charge in [0.2, 0.25) is 15.9 Å². The Morgan fingerprint density at radius 3 is 2.71 bits per heavy atom. The van der Waals surface area contributed by atoms with Crippen molar-refractivity contribution in [2.75, 3.05) is 25.5 Å². The number of para-hydroxylation sites is 2. The van der Waals surface area contributed by atoms with Gasteiger partial charge in [-0.2, -0.15) is 4.31 Å². The van der Waals surface area contributed by atoms with E-state index in [1.165, 1.54) is 13.1 Å². The van der Waals surface area contributed by atoms with E-state index >= 15 is 0 Å². The van der Waals surface area contributed by atoms with E-state index in [1.807, 2.05) is 6.92 Å². The quantitative estimate of drug-likeness (QED) is 0.660. The third kappa shape index (κ3) is 4.13. The lowest BCUT2D eigenvalue weighted by molar-refractivity contribution is -0.116. The first kappa shape index (κ1) is 19.8. The molecule has 1 aromatic heterocycles. The van der Waals surface area contributed by atoms with Gasteiger partial charge in [-0.15, -0.1) is 0 Å². The molecule has 0 aliphatic rings. The van der Waals surface area contributed by atoms with E-state index in [0.717, 1.165) is 4.31 Å². The lowest BCUT2D eigenvalue weighted by Crippen LogP contribution is -2.35. The summed E-state index contributed by atoms with van der Waals surface area (Å²) >= 11 is 0. The lowest BCUT2D eigenvalue weighted by Gasteiger charge is -2.18. The number of hydrogen-bond acceptors (Lipinski definition) is 5. The van der Waals surface area contributed by atoms with Crippen LogP contribution in [-0.4, -0.2) is 43.8 Å². The number of hydrogen-bond donors (Lipinski definition) is 1. The average Bonchev–Trinajstić information content (AvgIpc) is 2.69. The molecule has 7 nitrogen and oxygen atoms in total.